The third kappa shape index (κ3) is 6.60. The van der Waals surface area contributed by atoms with Crippen LogP contribution in [0.25, 0.3) is 0 Å². The molecule has 3 unspecified atom stereocenters. The highest BCUT2D eigenvalue weighted by atomic mass is 35.5. The molecule has 2 fully saturated rings. The maximum absolute atomic E-state index is 15.2. The average Bonchev–Trinajstić information content (AvgIpc) is 3.50. The second-order valence-corrected chi connectivity index (χ2v) is 10.8. The average molecular weight is 569 g/mol. The van der Waals surface area contributed by atoms with Gasteiger partial charge >= 0.3 is 6.09 Å². The smallest absolute Gasteiger partial charge is 0.410 e. The summed E-state index contributed by atoms with van der Waals surface area (Å²) in [5.74, 6) is -1.15. The number of alkyl halides is 1. The lowest BCUT2D eigenvalue weighted by Crippen LogP contribution is -2.46. The Bertz CT molecular complexity index is 1130. The maximum atomic E-state index is 15.2. The van der Waals surface area contributed by atoms with E-state index in [1.165, 1.54) is 22.0 Å². The van der Waals surface area contributed by atoms with Gasteiger partial charge in [-0.2, -0.15) is 0 Å². The molecule has 1 aromatic rings. The molecule has 3 atom stereocenters. The van der Waals surface area contributed by atoms with Crippen LogP contribution in [0.1, 0.15) is 28.9 Å². The van der Waals surface area contributed by atoms with Crippen LogP contribution in [0.2, 0.25) is 4.34 Å². The fraction of sp³-hybridized carbons (Fsp3) is 0.520. The fourth-order valence-electron chi connectivity index (χ4n) is 4.52. The Labute approximate surface area is 229 Å². The molecule has 3 heterocycles. The molecule has 2 saturated heterocycles. The van der Waals surface area contributed by atoms with Crippen molar-refractivity contribution in [2.24, 2.45) is 0 Å². The van der Waals surface area contributed by atoms with Gasteiger partial charge in [0.15, 0.2) is 0 Å². The van der Waals surface area contributed by atoms with Gasteiger partial charge in [-0.05, 0) is 50.7 Å². The number of carbonyl (C=O) groups excluding carboxylic acids is 4. The highest BCUT2D eigenvalue weighted by Crippen LogP contribution is 2.28. The number of nitrogens with zero attached hydrogens (tertiary/aromatic N) is 3. The van der Waals surface area contributed by atoms with E-state index in [0.29, 0.717) is 34.5 Å². The Hall–Kier alpha value is -2.80. The van der Waals surface area contributed by atoms with Gasteiger partial charge in [0.1, 0.15) is 18.9 Å². The zero-order valence-electron chi connectivity index (χ0n) is 20.9. The Balaban J connectivity index is 1.42. The molecule has 1 aromatic heterocycles. The summed E-state index contributed by atoms with van der Waals surface area (Å²) in [6, 6.07) is 2.19. The monoisotopic (exact) mass is 568 g/mol. The molecule has 1 N–H and O–H groups in total. The summed E-state index contributed by atoms with van der Waals surface area (Å²) in [6.45, 7) is 1.20. The molecule has 0 radical (unpaired) electrons. The van der Waals surface area contributed by atoms with Crippen LogP contribution in [0.3, 0.4) is 0 Å². The van der Waals surface area contributed by atoms with Crippen molar-refractivity contribution in [2.75, 3.05) is 46.4 Å². The number of imide groups is 1. The van der Waals surface area contributed by atoms with E-state index in [2.05, 4.69) is 5.32 Å². The van der Waals surface area contributed by atoms with Crippen molar-refractivity contribution >= 4 is 46.8 Å². The number of allylic oxidation sites excluding steroid dienone is 1. The van der Waals surface area contributed by atoms with Crippen LogP contribution in [0.15, 0.2) is 36.1 Å². The lowest BCUT2D eigenvalue weighted by molar-refractivity contribution is -0.139. The van der Waals surface area contributed by atoms with Crippen LogP contribution in [0.5, 0.6) is 0 Å². The van der Waals surface area contributed by atoms with Gasteiger partial charge in [-0.15, -0.1) is 11.3 Å². The molecule has 0 aromatic carbocycles. The Kier molecular flexibility index (Phi) is 9.53. The quantitative estimate of drug-likeness (QED) is 0.432. The first-order valence-electron chi connectivity index (χ1n) is 12.4. The second-order valence-electron chi connectivity index (χ2n) is 9.12. The number of ether oxygens (including phenoxy) is 2. The molecule has 4 rings (SSSR count). The van der Waals surface area contributed by atoms with Gasteiger partial charge in [0.25, 0.3) is 11.8 Å². The molecule has 3 aliphatic rings. The summed E-state index contributed by atoms with van der Waals surface area (Å²) in [5.41, 5.74) is 0.418. The third-order valence-corrected chi connectivity index (χ3v) is 7.68. The number of amides is 4. The maximum Gasteiger partial charge on any atom is 0.410 e. The zero-order valence-corrected chi connectivity index (χ0v) is 22.5. The minimum Gasteiger partial charge on any atom is -0.442 e. The topological polar surface area (TPSA) is 108 Å². The minimum atomic E-state index is -1.57. The van der Waals surface area contributed by atoms with Crippen molar-refractivity contribution < 1.29 is 33.0 Å². The van der Waals surface area contributed by atoms with Crippen LogP contribution in [-0.4, -0.2) is 103 Å². The highest BCUT2D eigenvalue weighted by molar-refractivity contribution is 7.18. The van der Waals surface area contributed by atoms with E-state index in [0.717, 1.165) is 29.2 Å². The molecule has 13 heteroatoms. The number of nitrogens with one attached hydrogen (secondary N) is 1. The summed E-state index contributed by atoms with van der Waals surface area (Å²) in [7, 11) is 1.82. The largest absolute Gasteiger partial charge is 0.442 e. The number of thiophene rings is 1. The normalized spacial score (nSPS) is 23.4. The molecule has 0 saturated carbocycles. The first-order valence-corrected chi connectivity index (χ1v) is 13.6. The van der Waals surface area contributed by atoms with Gasteiger partial charge in [-0.1, -0.05) is 17.7 Å². The first kappa shape index (κ1) is 28.2. The van der Waals surface area contributed by atoms with Crippen LogP contribution in [-0.2, 0) is 19.1 Å². The Morgan fingerprint density at radius 1 is 1.29 bits per heavy atom. The number of halogens is 2. The second kappa shape index (κ2) is 12.8. The summed E-state index contributed by atoms with van der Waals surface area (Å²) in [4.78, 5) is 55.1. The number of unbranched alkanes of at least 4 members (excludes halogenated alkanes) is 1. The van der Waals surface area contributed by atoms with E-state index < -0.39 is 30.3 Å². The number of carbonyl (C=O) groups is 4. The van der Waals surface area contributed by atoms with E-state index in [1.807, 2.05) is 7.05 Å². The van der Waals surface area contributed by atoms with E-state index in [9.17, 15) is 19.2 Å². The molecule has 0 bridgehead atoms. The lowest BCUT2D eigenvalue weighted by Gasteiger charge is -2.32. The number of rotatable bonds is 10. The van der Waals surface area contributed by atoms with E-state index in [4.69, 9.17) is 21.1 Å². The molecule has 206 valence electrons. The van der Waals surface area contributed by atoms with Crippen molar-refractivity contribution in [2.45, 2.75) is 37.6 Å². The van der Waals surface area contributed by atoms with Crippen LogP contribution < -0.4 is 5.32 Å². The van der Waals surface area contributed by atoms with E-state index in [-0.39, 0.29) is 37.9 Å². The molecule has 4 amide bonds. The van der Waals surface area contributed by atoms with Crippen LogP contribution in [0.4, 0.5) is 9.18 Å². The van der Waals surface area contributed by atoms with Crippen molar-refractivity contribution in [1.82, 2.24) is 20.0 Å². The van der Waals surface area contributed by atoms with Gasteiger partial charge in [-0.3, -0.25) is 24.2 Å². The highest BCUT2D eigenvalue weighted by Gasteiger charge is 2.41. The minimum absolute atomic E-state index is 0.00404. The first-order chi connectivity index (χ1) is 18.3. The molecule has 0 spiro atoms. The van der Waals surface area contributed by atoms with Crippen molar-refractivity contribution in [3.05, 3.63) is 45.3 Å². The number of hydrogen-bond donors (Lipinski definition) is 1. The number of cyclic esters (lactones) is 1. The number of hydrogen-bond acceptors (Lipinski definition) is 8. The van der Waals surface area contributed by atoms with Gasteiger partial charge in [-0.25, -0.2) is 9.18 Å². The van der Waals surface area contributed by atoms with Crippen molar-refractivity contribution in [1.29, 1.82) is 0 Å². The fourth-order valence-corrected chi connectivity index (χ4v) is 5.52. The Morgan fingerprint density at radius 2 is 2.11 bits per heavy atom. The van der Waals surface area contributed by atoms with Crippen molar-refractivity contribution in [3.63, 3.8) is 0 Å². The molecule has 10 nitrogen and oxygen atoms in total. The molecular formula is C25H30ClFN4O6S. The summed E-state index contributed by atoms with van der Waals surface area (Å²) in [5, 5.41) is 3.02. The molecule has 2 aliphatic heterocycles. The van der Waals surface area contributed by atoms with Gasteiger partial charge in [0.2, 0.25) is 5.91 Å². The number of morpholine rings is 1. The van der Waals surface area contributed by atoms with Crippen molar-refractivity contribution in [3.8, 4) is 0 Å². The lowest BCUT2D eigenvalue weighted by atomic mass is 10.0. The predicted molar refractivity (Wildman–Crippen MR) is 139 cm³/mol. The summed E-state index contributed by atoms with van der Waals surface area (Å²) < 4.78 is 26.2. The van der Waals surface area contributed by atoms with E-state index >= 15 is 4.39 Å². The molecule has 38 heavy (non-hydrogen) atoms. The van der Waals surface area contributed by atoms with Gasteiger partial charge < -0.3 is 19.7 Å². The van der Waals surface area contributed by atoms with Gasteiger partial charge in [0, 0.05) is 18.7 Å². The SMILES string of the molecule is CNCCCCC(=O)N(CC1CN(C2C=CC(N3CCOCC3=O)=CC2F)C(=O)O1)C(=O)c1ccc(Cl)s1. The zero-order chi connectivity index (χ0) is 27.2. The molecule has 1 aliphatic carbocycles. The molecular weight excluding hydrogens is 539 g/mol. The Morgan fingerprint density at radius 3 is 2.79 bits per heavy atom. The van der Waals surface area contributed by atoms with Crippen LogP contribution in [0, 0.1) is 0 Å². The third-order valence-electron chi connectivity index (χ3n) is 6.46. The standard InChI is InChI=1S/C25H30ClFN4O6S/c1-28-9-3-2-4-22(32)31(24(34)20-7-8-21(26)38-20)14-17-13-30(25(35)37-17)19-6-5-16(12-18(19)27)29-10-11-36-15-23(29)33/h5-8,12,17-19,28H,2-4,9-11,13-15H2,1H3. The van der Waals surface area contributed by atoms with E-state index in [1.54, 1.807) is 18.2 Å². The predicted octanol–water partition coefficient (Wildman–Crippen LogP) is 2.60. The van der Waals surface area contributed by atoms with Crippen LogP contribution >= 0.6 is 22.9 Å². The summed E-state index contributed by atoms with van der Waals surface area (Å²) >= 11 is 7.05. The summed E-state index contributed by atoms with van der Waals surface area (Å²) in [6.07, 6.45) is 2.81. The van der Waals surface area contributed by atoms with Gasteiger partial charge in [0.05, 0.1) is 35.0 Å².